The fourth-order valence-electron chi connectivity index (χ4n) is 1.38. The van der Waals surface area contributed by atoms with Crippen LogP contribution in [0.25, 0.3) is 0 Å². The summed E-state index contributed by atoms with van der Waals surface area (Å²) in [5.41, 5.74) is 0. The molecular formula is C10H15N3O4S. The van der Waals surface area contributed by atoms with E-state index in [4.69, 9.17) is 5.11 Å². The highest BCUT2D eigenvalue weighted by Crippen LogP contribution is 2.24. The molecule has 0 atom stereocenters. The molecular weight excluding hydrogens is 258 g/mol. The van der Waals surface area contributed by atoms with Gasteiger partial charge in [0.25, 0.3) is 0 Å². The van der Waals surface area contributed by atoms with Gasteiger partial charge in [0.2, 0.25) is 0 Å². The number of unbranched alkanes of at least 4 members (excludes halogenated alkanes) is 3. The monoisotopic (exact) mass is 273 g/mol. The van der Waals surface area contributed by atoms with Gasteiger partial charge in [-0.1, -0.05) is 12.8 Å². The summed E-state index contributed by atoms with van der Waals surface area (Å²) in [6.07, 6.45) is 4.86. The Bertz CT molecular complexity index is 408. The third kappa shape index (κ3) is 5.58. The lowest BCUT2D eigenvalue weighted by Gasteiger charge is -2.01. The number of aliphatic carboxylic acids is 1. The van der Waals surface area contributed by atoms with Crippen LogP contribution in [-0.4, -0.2) is 27.5 Å². The molecule has 8 heteroatoms. The number of nitrogens with one attached hydrogen (secondary N) is 1. The van der Waals surface area contributed by atoms with E-state index >= 15 is 0 Å². The van der Waals surface area contributed by atoms with Crippen LogP contribution in [0, 0.1) is 10.1 Å². The number of thiazole rings is 1. The minimum absolute atomic E-state index is 0.0268. The first-order valence-electron chi connectivity index (χ1n) is 5.65. The molecule has 0 aliphatic heterocycles. The lowest BCUT2D eigenvalue weighted by Crippen LogP contribution is -2.01. The molecule has 0 fully saturated rings. The van der Waals surface area contributed by atoms with Gasteiger partial charge in [-0.25, -0.2) is 4.98 Å². The number of anilines is 1. The second-order valence-corrected chi connectivity index (χ2v) is 4.75. The summed E-state index contributed by atoms with van der Waals surface area (Å²) in [6.45, 7) is 0.692. The van der Waals surface area contributed by atoms with Crippen LogP contribution >= 0.6 is 11.3 Å². The molecule has 0 radical (unpaired) electrons. The molecule has 1 aromatic rings. The number of hydrogen-bond acceptors (Lipinski definition) is 6. The van der Waals surface area contributed by atoms with Crippen LogP contribution in [-0.2, 0) is 4.79 Å². The van der Waals surface area contributed by atoms with Gasteiger partial charge in [-0.15, -0.1) is 0 Å². The maximum atomic E-state index is 10.4. The molecule has 1 heterocycles. The van der Waals surface area contributed by atoms with Crippen molar-refractivity contribution in [3.05, 3.63) is 16.3 Å². The molecule has 1 aromatic heterocycles. The molecule has 1 rings (SSSR count). The Morgan fingerprint density at radius 3 is 2.78 bits per heavy atom. The van der Waals surface area contributed by atoms with E-state index in [1.165, 1.54) is 6.20 Å². The number of carbonyl (C=O) groups is 1. The summed E-state index contributed by atoms with van der Waals surface area (Å²) in [5.74, 6) is -0.761. The standard InChI is InChI=1S/C10H15N3O4S/c14-9(15)5-3-1-2-4-6-11-10-12-7-8(18-10)13(16)17/h7H,1-6H2,(H,11,12)(H,14,15). The first kappa shape index (κ1) is 14.4. The Morgan fingerprint density at radius 1 is 1.44 bits per heavy atom. The first-order valence-corrected chi connectivity index (χ1v) is 6.47. The fraction of sp³-hybridized carbons (Fsp3) is 0.600. The number of carboxylic acid groups (broad SMARTS) is 1. The van der Waals surface area contributed by atoms with Gasteiger partial charge in [0.1, 0.15) is 6.20 Å². The van der Waals surface area contributed by atoms with Crippen molar-refractivity contribution >= 4 is 27.4 Å². The van der Waals surface area contributed by atoms with Crippen molar-refractivity contribution in [3.8, 4) is 0 Å². The van der Waals surface area contributed by atoms with E-state index in [0.717, 1.165) is 30.6 Å². The van der Waals surface area contributed by atoms with Gasteiger partial charge in [-0.2, -0.15) is 0 Å². The van der Waals surface area contributed by atoms with Crippen molar-refractivity contribution < 1.29 is 14.8 Å². The maximum Gasteiger partial charge on any atom is 0.345 e. The third-order valence-electron chi connectivity index (χ3n) is 2.27. The summed E-state index contributed by atoms with van der Waals surface area (Å²) < 4.78 is 0. The zero-order chi connectivity index (χ0) is 13.4. The SMILES string of the molecule is O=C(O)CCCCCCNc1ncc([N+](=O)[O-])s1. The van der Waals surface area contributed by atoms with Crippen LogP contribution in [0.2, 0.25) is 0 Å². The van der Waals surface area contributed by atoms with E-state index in [0.29, 0.717) is 18.1 Å². The average molecular weight is 273 g/mol. The van der Waals surface area contributed by atoms with Crippen LogP contribution in [0.5, 0.6) is 0 Å². The van der Waals surface area contributed by atoms with Crippen LogP contribution in [0.1, 0.15) is 32.1 Å². The molecule has 18 heavy (non-hydrogen) atoms. The van der Waals surface area contributed by atoms with E-state index in [-0.39, 0.29) is 11.4 Å². The van der Waals surface area contributed by atoms with Crippen LogP contribution in [0.3, 0.4) is 0 Å². The van der Waals surface area contributed by atoms with Gasteiger partial charge < -0.3 is 10.4 Å². The highest BCUT2D eigenvalue weighted by atomic mass is 32.1. The highest BCUT2D eigenvalue weighted by molar-refractivity contribution is 7.18. The van der Waals surface area contributed by atoms with E-state index < -0.39 is 10.9 Å². The molecule has 2 N–H and O–H groups in total. The number of nitro groups is 1. The molecule has 0 saturated carbocycles. The van der Waals surface area contributed by atoms with E-state index in [2.05, 4.69) is 10.3 Å². The molecule has 7 nitrogen and oxygen atoms in total. The summed E-state index contributed by atoms with van der Waals surface area (Å²) in [5, 5.41) is 22.4. The van der Waals surface area contributed by atoms with Crippen LogP contribution in [0.4, 0.5) is 10.1 Å². The van der Waals surface area contributed by atoms with Crippen molar-refractivity contribution in [1.29, 1.82) is 0 Å². The Balaban J connectivity index is 2.07. The fourth-order valence-corrected chi connectivity index (χ4v) is 2.04. The maximum absolute atomic E-state index is 10.4. The molecule has 0 saturated heterocycles. The molecule has 0 spiro atoms. The summed E-state index contributed by atoms with van der Waals surface area (Å²) in [7, 11) is 0. The summed E-state index contributed by atoms with van der Waals surface area (Å²) in [6, 6.07) is 0. The van der Waals surface area contributed by atoms with Crippen LogP contribution < -0.4 is 5.32 Å². The molecule has 0 bridgehead atoms. The molecule has 0 aromatic carbocycles. The minimum Gasteiger partial charge on any atom is -0.481 e. The van der Waals surface area contributed by atoms with Gasteiger partial charge in [0.15, 0.2) is 5.13 Å². The lowest BCUT2D eigenvalue weighted by atomic mass is 10.1. The molecule has 0 aliphatic carbocycles. The Labute approximate surface area is 108 Å². The zero-order valence-electron chi connectivity index (χ0n) is 9.79. The normalized spacial score (nSPS) is 10.2. The molecule has 100 valence electrons. The molecule has 0 unspecified atom stereocenters. The smallest absolute Gasteiger partial charge is 0.345 e. The Kier molecular flexibility index (Phi) is 6.06. The Morgan fingerprint density at radius 2 is 2.17 bits per heavy atom. The first-order chi connectivity index (χ1) is 8.59. The van der Waals surface area contributed by atoms with Gasteiger partial charge >= 0.3 is 11.0 Å². The summed E-state index contributed by atoms with van der Waals surface area (Å²) in [4.78, 5) is 24.1. The van der Waals surface area contributed by atoms with Crippen molar-refractivity contribution in [2.75, 3.05) is 11.9 Å². The van der Waals surface area contributed by atoms with Crippen molar-refractivity contribution in [2.45, 2.75) is 32.1 Å². The van der Waals surface area contributed by atoms with Crippen molar-refractivity contribution in [3.63, 3.8) is 0 Å². The van der Waals surface area contributed by atoms with Gasteiger partial charge in [0, 0.05) is 13.0 Å². The second-order valence-electron chi connectivity index (χ2n) is 3.75. The number of rotatable bonds is 9. The minimum atomic E-state index is -0.761. The second kappa shape index (κ2) is 7.59. The Hall–Kier alpha value is -1.70. The van der Waals surface area contributed by atoms with Crippen molar-refractivity contribution in [1.82, 2.24) is 4.98 Å². The lowest BCUT2D eigenvalue weighted by molar-refractivity contribution is -0.380. The van der Waals surface area contributed by atoms with Crippen molar-refractivity contribution in [2.24, 2.45) is 0 Å². The predicted molar refractivity (Wildman–Crippen MR) is 68.0 cm³/mol. The van der Waals surface area contributed by atoms with E-state index in [9.17, 15) is 14.9 Å². The molecule has 0 amide bonds. The number of nitrogens with zero attached hydrogens (tertiary/aromatic N) is 2. The van der Waals surface area contributed by atoms with Gasteiger partial charge in [0.05, 0.1) is 4.92 Å². The highest BCUT2D eigenvalue weighted by Gasteiger charge is 2.10. The summed E-state index contributed by atoms with van der Waals surface area (Å²) >= 11 is 1.01. The number of aromatic nitrogens is 1. The van der Waals surface area contributed by atoms with Crippen LogP contribution in [0.15, 0.2) is 6.20 Å². The zero-order valence-corrected chi connectivity index (χ0v) is 10.6. The third-order valence-corrected chi connectivity index (χ3v) is 3.17. The number of carboxylic acids is 1. The quantitative estimate of drug-likeness (QED) is 0.407. The predicted octanol–water partition coefficient (Wildman–Crippen LogP) is 2.50. The van der Waals surface area contributed by atoms with E-state index in [1.54, 1.807) is 0 Å². The van der Waals surface area contributed by atoms with Gasteiger partial charge in [-0.3, -0.25) is 14.9 Å². The average Bonchev–Trinajstić information content (AvgIpc) is 2.76. The topological polar surface area (TPSA) is 105 Å². The van der Waals surface area contributed by atoms with Gasteiger partial charge in [-0.05, 0) is 24.2 Å². The largest absolute Gasteiger partial charge is 0.481 e. The molecule has 0 aliphatic rings. The van der Waals surface area contributed by atoms with E-state index in [1.807, 2.05) is 0 Å². The number of hydrogen-bond donors (Lipinski definition) is 2.